The van der Waals surface area contributed by atoms with Crippen LogP contribution in [0.4, 0.5) is 4.79 Å². The fourth-order valence-electron chi connectivity index (χ4n) is 0. The quantitative estimate of drug-likeness (QED) is 0.408. The number of carbonyl (C=O) groups is 1. The summed E-state index contributed by atoms with van der Waals surface area (Å²) in [6.45, 7) is 0. The Balaban J connectivity index is -0.0000000800. The normalized spacial score (nSPS) is 4.71. The Bertz CT molecular complexity index is 50.2. The molecule has 0 aromatic rings. The van der Waals surface area contributed by atoms with Crippen LogP contribution in [0.25, 0.3) is 0 Å². The summed E-state index contributed by atoms with van der Waals surface area (Å²) in [5, 5.41) is 7.48. The second kappa shape index (κ2) is 10.3. The van der Waals surface area contributed by atoms with Gasteiger partial charge in [-0.25, -0.2) is 4.79 Å². The summed E-state index contributed by atoms with van der Waals surface area (Å²) in [5.74, 6) is 0. The summed E-state index contributed by atoms with van der Waals surface area (Å²) in [6, 6.07) is 0. The van der Waals surface area contributed by atoms with Gasteiger partial charge in [-0.2, -0.15) is 0 Å². The number of carboxylic acid groups (broad SMARTS) is 1. The summed E-state index contributed by atoms with van der Waals surface area (Å²) >= 11 is 0. The van der Waals surface area contributed by atoms with Crippen molar-refractivity contribution in [3.63, 3.8) is 0 Å². The van der Waals surface area contributed by atoms with Gasteiger partial charge in [0.1, 0.15) is 0 Å². The Labute approximate surface area is 76.2 Å². The molecule has 0 aromatic heterocycles. The molecule has 1 atom stereocenters. The van der Waals surface area contributed by atoms with Crippen LogP contribution in [0.3, 0.4) is 0 Å². The van der Waals surface area contributed by atoms with Crippen LogP contribution in [0.2, 0.25) is 0 Å². The third-order valence-electron chi connectivity index (χ3n) is 0.101. The van der Waals surface area contributed by atoms with Crippen LogP contribution < -0.4 is 0 Å². The van der Waals surface area contributed by atoms with Gasteiger partial charge in [0.05, 0.1) is 9.47 Å². The first kappa shape index (κ1) is 15.7. The number of rotatable bonds is 0. The monoisotopic (exact) mass is 173 g/mol. The van der Waals surface area contributed by atoms with Crippen molar-refractivity contribution in [2.75, 3.05) is 0 Å². The minimum absolute atomic E-state index is 0. The summed E-state index contributed by atoms with van der Waals surface area (Å²) in [6.07, 6.45) is -1.28. The van der Waals surface area contributed by atoms with E-state index in [-0.39, 0.29) is 46.6 Å². The predicted octanol–water partition coefficient (Wildman–Crippen LogP) is -0.180. The van der Waals surface area contributed by atoms with Crippen molar-refractivity contribution in [3.8, 4) is 0 Å². The Morgan fingerprint density at radius 3 is 1.86 bits per heavy atom. The molecule has 0 saturated carbocycles. The predicted molar refractivity (Wildman–Crippen MR) is 26.0 cm³/mol. The maximum atomic E-state index is 9.12. The van der Waals surface area contributed by atoms with Crippen molar-refractivity contribution in [3.05, 3.63) is 0 Å². The fraction of sp³-hybridized carbons (Fsp3) is 0. The Morgan fingerprint density at radius 2 is 1.86 bits per heavy atom. The first-order valence-corrected chi connectivity index (χ1v) is 1.34. The molecule has 7 heavy (non-hydrogen) atoms. The fourth-order valence-corrected chi connectivity index (χ4v) is 0. The zero-order chi connectivity index (χ0) is 4.28. The molecular weight excluding hydrogens is 169 g/mol. The molecule has 1 unspecified atom stereocenters. The first-order valence-electron chi connectivity index (χ1n) is 0.868. The molecule has 0 aromatic carbocycles. The second-order valence-corrected chi connectivity index (χ2v) is 0.619. The summed E-state index contributed by atoms with van der Waals surface area (Å²) in [7, 11) is 1.59. The number of hydrogen-bond acceptors (Lipinski definition) is 2. The zero-order valence-corrected chi connectivity index (χ0v) is 5.05. The van der Waals surface area contributed by atoms with Crippen molar-refractivity contribution in [1.29, 1.82) is 0 Å². The van der Waals surface area contributed by atoms with Crippen molar-refractivity contribution in [1.82, 2.24) is 0 Å². The molecule has 0 rings (SSSR count). The van der Waals surface area contributed by atoms with E-state index in [4.69, 9.17) is 9.90 Å². The third kappa shape index (κ3) is 19.0. The topological polar surface area (TPSA) is 46.5 Å². The molecule has 0 bridgehead atoms. The van der Waals surface area contributed by atoms with Crippen LogP contribution in [-0.4, -0.2) is 40.8 Å². The van der Waals surface area contributed by atoms with Gasteiger partial charge < -0.3 is 9.63 Å². The van der Waals surface area contributed by atoms with Gasteiger partial charge in [-0.15, -0.1) is 0 Å². The van der Waals surface area contributed by atoms with Crippen molar-refractivity contribution in [2.24, 2.45) is 0 Å². The van der Waals surface area contributed by atoms with Crippen molar-refractivity contribution < 1.29 is 31.5 Å². The minimum atomic E-state index is -1.28. The van der Waals surface area contributed by atoms with Crippen LogP contribution >= 0.6 is 9.47 Å². The van der Waals surface area contributed by atoms with Gasteiger partial charge in [-0.05, 0) is 0 Å². The standard InChI is InChI=1S/CH3O3P.Mn.Na.H/c2-1(3)4-5;;;/h5H2,(H,2,3);;;. The summed E-state index contributed by atoms with van der Waals surface area (Å²) in [4.78, 5) is 9.12. The molecule has 1 N–H and O–H groups in total. The van der Waals surface area contributed by atoms with Gasteiger partial charge >= 0.3 is 35.7 Å². The van der Waals surface area contributed by atoms with Crippen LogP contribution in [-0.2, 0) is 21.6 Å². The van der Waals surface area contributed by atoms with Gasteiger partial charge in [-0.1, -0.05) is 0 Å². The average molecular weight is 173 g/mol. The van der Waals surface area contributed by atoms with Gasteiger partial charge in [0.15, 0.2) is 0 Å². The van der Waals surface area contributed by atoms with Crippen molar-refractivity contribution >= 4 is 45.2 Å². The second-order valence-electron chi connectivity index (χ2n) is 0.384. The molecule has 0 saturated heterocycles. The molecule has 0 amide bonds. The molecule has 0 fully saturated rings. The number of hydrogen-bond donors (Lipinski definition) is 1. The maximum absolute atomic E-state index is 9.12. The van der Waals surface area contributed by atoms with E-state index in [2.05, 4.69) is 4.52 Å². The van der Waals surface area contributed by atoms with E-state index in [1.54, 1.807) is 9.47 Å². The molecule has 3 nitrogen and oxygen atoms in total. The van der Waals surface area contributed by atoms with Gasteiger partial charge in [-0.3, -0.25) is 0 Å². The van der Waals surface area contributed by atoms with E-state index in [1.165, 1.54) is 0 Å². The Hall–Kier alpha value is 1.22. The van der Waals surface area contributed by atoms with Gasteiger partial charge in [0.2, 0.25) is 0 Å². The van der Waals surface area contributed by atoms with E-state index in [0.29, 0.717) is 0 Å². The summed E-state index contributed by atoms with van der Waals surface area (Å²) < 4.78 is 3.58. The van der Waals surface area contributed by atoms with E-state index >= 15 is 0 Å². The van der Waals surface area contributed by atoms with Crippen LogP contribution in [0.15, 0.2) is 0 Å². The third-order valence-corrected chi connectivity index (χ3v) is 0.302. The molecule has 0 spiro atoms. The Kier molecular flexibility index (Phi) is 23.0. The summed E-state index contributed by atoms with van der Waals surface area (Å²) in [5.41, 5.74) is 0. The first-order chi connectivity index (χ1) is 2.27. The molecule has 0 aliphatic carbocycles. The molecule has 6 heteroatoms. The molecular formula is CH4MnNaO3P. The molecule has 39 valence electrons. The molecule has 1 radical (unpaired) electrons. The van der Waals surface area contributed by atoms with E-state index in [1.807, 2.05) is 0 Å². The van der Waals surface area contributed by atoms with Gasteiger partial charge in [0.25, 0.3) is 0 Å². The van der Waals surface area contributed by atoms with Crippen LogP contribution in [0.1, 0.15) is 0 Å². The van der Waals surface area contributed by atoms with Gasteiger partial charge in [0, 0.05) is 17.1 Å². The molecule has 0 heterocycles. The SMILES string of the molecule is O=C(O)OP.[Mn].[NaH]. The van der Waals surface area contributed by atoms with Crippen LogP contribution in [0, 0.1) is 0 Å². The van der Waals surface area contributed by atoms with Crippen molar-refractivity contribution in [2.45, 2.75) is 0 Å². The average Bonchev–Trinajstić information content (AvgIpc) is 1.38. The molecule has 0 aliphatic rings. The van der Waals surface area contributed by atoms with E-state index < -0.39 is 6.16 Å². The van der Waals surface area contributed by atoms with E-state index in [0.717, 1.165) is 0 Å². The molecule has 0 aliphatic heterocycles. The zero-order valence-electron chi connectivity index (χ0n) is 2.72. The van der Waals surface area contributed by atoms with E-state index in [9.17, 15) is 0 Å². The van der Waals surface area contributed by atoms with Crippen LogP contribution in [0.5, 0.6) is 0 Å². The Morgan fingerprint density at radius 1 is 1.71 bits per heavy atom.